The van der Waals surface area contributed by atoms with Gasteiger partial charge in [0.2, 0.25) is 0 Å². The van der Waals surface area contributed by atoms with E-state index < -0.39 is 17.7 Å². The summed E-state index contributed by atoms with van der Waals surface area (Å²) in [6, 6.07) is 0. The molecule has 0 aromatic rings. The molecule has 0 radical (unpaired) electrons. The molecule has 0 aliphatic heterocycles. The molecule has 6 aliphatic carbocycles. The summed E-state index contributed by atoms with van der Waals surface area (Å²) >= 11 is 0. The average Bonchev–Trinajstić information content (AvgIpc) is 2.41. The van der Waals surface area contributed by atoms with Crippen molar-refractivity contribution >= 4 is 5.97 Å². The monoisotopic (exact) mass is 230 g/mol. The van der Waals surface area contributed by atoms with E-state index in [0.717, 1.165) is 5.92 Å². The lowest BCUT2D eigenvalue weighted by molar-refractivity contribution is -0.425. The van der Waals surface area contributed by atoms with Crippen LogP contribution in [0.2, 0.25) is 0 Å². The Morgan fingerprint density at radius 1 is 1.12 bits per heavy atom. The van der Waals surface area contributed by atoms with Crippen molar-refractivity contribution in [2.75, 3.05) is 0 Å². The maximum atomic E-state index is 12.2. The Hall–Kier alpha value is -0.740. The van der Waals surface area contributed by atoms with Gasteiger partial charge in [-0.05, 0) is 36.0 Å². The van der Waals surface area contributed by atoms with E-state index in [1.165, 1.54) is 0 Å². The molecule has 6 rings (SSSR count). The van der Waals surface area contributed by atoms with Crippen LogP contribution < -0.4 is 0 Å². The third-order valence-corrected chi connectivity index (χ3v) is 6.18. The number of ether oxygens (including phenoxy) is 1. The lowest BCUT2D eigenvalue weighted by Crippen LogP contribution is -2.87. The van der Waals surface area contributed by atoms with Gasteiger partial charge in [-0.1, -0.05) is 0 Å². The highest BCUT2D eigenvalue weighted by molar-refractivity contribution is 5.76. The Kier molecular flexibility index (Phi) is 0.944. The molecule has 0 aromatic carbocycles. The van der Waals surface area contributed by atoms with Crippen molar-refractivity contribution in [1.29, 1.82) is 0 Å². The second-order valence-corrected chi connectivity index (χ2v) is 6.07. The average molecular weight is 230 g/mol. The van der Waals surface area contributed by atoms with Crippen molar-refractivity contribution in [2.24, 2.45) is 41.4 Å². The summed E-state index contributed by atoms with van der Waals surface area (Å²) in [5.41, 5.74) is -0.675. The molecule has 6 aliphatic rings. The molecule has 2 bridgehead atoms. The third kappa shape index (κ3) is 0.498. The molecule has 0 spiro atoms. The summed E-state index contributed by atoms with van der Waals surface area (Å²) < 4.78 is 41.5. The van der Waals surface area contributed by atoms with Gasteiger partial charge in [-0.2, -0.15) is 13.2 Å². The van der Waals surface area contributed by atoms with E-state index in [0.29, 0.717) is 41.9 Å². The SMILES string of the molecule is O=C(OC12CC3C4C5C3C1C5C42)C(F)(F)F. The van der Waals surface area contributed by atoms with Gasteiger partial charge in [0.1, 0.15) is 5.60 Å². The molecule has 0 N–H and O–H groups in total. The maximum absolute atomic E-state index is 12.2. The molecule has 6 saturated carbocycles. The molecular weight excluding hydrogens is 221 g/mol. The van der Waals surface area contributed by atoms with Crippen LogP contribution in [-0.4, -0.2) is 17.7 Å². The number of halogens is 3. The topological polar surface area (TPSA) is 26.3 Å². The summed E-state index contributed by atoms with van der Waals surface area (Å²) in [6.07, 6.45) is -4.12. The molecule has 4 atom stereocenters. The Morgan fingerprint density at radius 2 is 1.75 bits per heavy atom. The van der Waals surface area contributed by atoms with Crippen LogP contribution in [0.25, 0.3) is 0 Å². The van der Waals surface area contributed by atoms with Gasteiger partial charge in [0, 0.05) is 11.8 Å². The fraction of sp³-hybridized carbons (Fsp3) is 0.909. The van der Waals surface area contributed by atoms with Gasteiger partial charge in [-0.15, -0.1) is 0 Å². The molecule has 6 fully saturated rings. The number of hydrogen-bond donors (Lipinski definition) is 0. The van der Waals surface area contributed by atoms with Crippen molar-refractivity contribution in [3.63, 3.8) is 0 Å². The van der Waals surface area contributed by atoms with Crippen LogP contribution in [0.4, 0.5) is 13.2 Å². The van der Waals surface area contributed by atoms with Crippen LogP contribution >= 0.6 is 0 Å². The van der Waals surface area contributed by atoms with Crippen molar-refractivity contribution < 1.29 is 22.7 Å². The van der Waals surface area contributed by atoms with Gasteiger partial charge >= 0.3 is 12.1 Å². The van der Waals surface area contributed by atoms with Crippen molar-refractivity contribution in [3.8, 4) is 0 Å². The first-order valence-electron chi connectivity index (χ1n) is 5.77. The summed E-state index contributed by atoms with van der Waals surface area (Å²) in [4.78, 5) is 11.0. The number of hydrogen-bond acceptors (Lipinski definition) is 2. The van der Waals surface area contributed by atoms with Crippen LogP contribution in [0.3, 0.4) is 0 Å². The summed E-state index contributed by atoms with van der Waals surface area (Å²) in [5, 5.41) is 0. The molecule has 0 amide bonds. The Morgan fingerprint density at radius 3 is 2.25 bits per heavy atom. The maximum Gasteiger partial charge on any atom is 0.490 e. The highest BCUT2D eigenvalue weighted by atomic mass is 19.4. The smallest absolute Gasteiger partial charge is 0.452 e. The molecule has 5 heteroatoms. The van der Waals surface area contributed by atoms with Gasteiger partial charge in [-0.25, -0.2) is 4.79 Å². The quantitative estimate of drug-likeness (QED) is 0.639. The minimum Gasteiger partial charge on any atom is -0.452 e. The summed E-state index contributed by atoms with van der Waals surface area (Å²) in [5.74, 6) is 1.86. The molecule has 0 saturated heterocycles. The summed E-state index contributed by atoms with van der Waals surface area (Å²) in [6.45, 7) is 0. The zero-order valence-electron chi connectivity index (χ0n) is 8.20. The molecule has 0 aromatic heterocycles. The van der Waals surface area contributed by atoms with Crippen LogP contribution in [0, 0.1) is 41.4 Å². The van der Waals surface area contributed by atoms with E-state index >= 15 is 0 Å². The summed E-state index contributed by atoms with van der Waals surface area (Å²) in [7, 11) is 0. The normalized spacial score (nSPS) is 66.1. The molecule has 2 nitrogen and oxygen atoms in total. The first-order valence-corrected chi connectivity index (χ1v) is 5.77. The van der Waals surface area contributed by atoms with Gasteiger partial charge in [0.15, 0.2) is 0 Å². The van der Waals surface area contributed by atoms with Gasteiger partial charge in [0.25, 0.3) is 0 Å². The number of carbonyl (C=O) groups excluding carboxylic acids is 1. The van der Waals surface area contributed by atoms with Gasteiger partial charge < -0.3 is 4.74 Å². The van der Waals surface area contributed by atoms with Crippen LogP contribution in [-0.2, 0) is 9.53 Å². The Balaban J connectivity index is 1.47. The molecule has 86 valence electrons. The number of alkyl halides is 3. The predicted molar refractivity (Wildman–Crippen MR) is 43.9 cm³/mol. The Bertz CT molecular complexity index is 423. The Labute approximate surface area is 89.1 Å². The lowest BCUT2D eigenvalue weighted by Gasteiger charge is -2.86. The second kappa shape index (κ2) is 1.81. The van der Waals surface area contributed by atoms with Crippen molar-refractivity contribution in [2.45, 2.75) is 18.2 Å². The van der Waals surface area contributed by atoms with E-state index in [9.17, 15) is 18.0 Å². The number of esters is 1. The predicted octanol–water partition coefficient (Wildman–Crippen LogP) is 1.60. The highest BCUT2D eigenvalue weighted by Crippen LogP contribution is 2.96. The van der Waals surface area contributed by atoms with E-state index in [2.05, 4.69) is 0 Å². The zero-order valence-corrected chi connectivity index (χ0v) is 8.20. The van der Waals surface area contributed by atoms with Crippen molar-refractivity contribution in [1.82, 2.24) is 0 Å². The first-order chi connectivity index (χ1) is 7.47. The minimum atomic E-state index is -4.83. The van der Waals surface area contributed by atoms with E-state index in [4.69, 9.17) is 4.74 Å². The fourth-order valence-electron chi connectivity index (χ4n) is 6.12. The van der Waals surface area contributed by atoms with Gasteiger partial charge in [0.05, 0.1) is 0 Å². The van der Waals surface area contributed by atoms with Crippen LogP contribution in [0.1, 0.15) is 6.42 Å². The standard InChI is InChI=1S/C11H9F3O2/c12-11(13,14)9(15)16-10-1-2-3-5-4(2)8(10)6(5)7(3)10/h2-8H,1H2. The minimum absolute atomic E-state index is 0.295. The highest BCUT2D eigenvalue weighted by Gasteiger charge is 2.98. The van der Waals surface area contributed by atoms with E-state index in [1.54, 1.807) is 0 Å². The molecule has 16 heavy (non-hydrogen) atoms. The van der Waals surface area contributed by atoms with E-state index in [1.807, 2.05) is 0 Å². The largest absolute Gasteiger partial charge is 0.490 e. The third-order valence-electron chi connectivity index (χ3n) is 6.18. The molecule has 0 heterocycles. The number of carbonyl (C=O) groups is 1. The van der Waals surface area contributed by atoms with Crippen LogP contribution in [0.15, 0.2) is 0 Å². The van der Waals surface area contributed by atoms with E-state index in [-0.39, 0.29) is 0 Å². The molecule has 4 unspecified atom stereocenters. The lowest BCUT2D eigenvalue weighted by atomic mass is 9.19. The van der Waals surface area contributed by atoms with Gasteiger partial charge in [-0.3, -0.25) is 0 Å². The first kappa shape index (κ1) is 8.37. The molecular formula is C11H9F3O2. The number of rotatable bonds is 1. The van der Waals surface area contributed by atoms with Crippen LogP contribution in [0.5, 0.6) is 0 Å². The zero-order chi connectivity index (χ0) is 11.0. The fourth-order valence-corrected chi connectivity index (χ4v) is 6.12. The van der Waals surface area contributed by atoms with Crippen molar-refractivity contribution in [3.05, 3.63) is 0 Å². The second-order valence-electron chi connectivity index (χ2n) is 6.07.